The zero-order chi connectivity index (χ0) is 13.8. The lowest BCUT2D eigenvalue weighted by Crippen LogP contribution is -2.14. The van der Waals surface area contributed by atoms with Crippen LogP contribution in [0.15, 0.2) is 39.9 Å². The van der Waals surface area contributed by atoms with Gasteiger partial charge in [0.25, 0.3) is 0 Å². The predicted octanol–water partition coefficient (Wildman–Crippen LogP) is 3.86. The van der Waals surface area contributed by atoms with Gasteiger partial charge in [-0.15, -0.1) is 0 Å². The second-order valence-corrected chi connectivity index (χ2v) is 4.85. The summed E-state index contributed by atoms with van der Waals surface area (Å²) in [6.45, 7) is 1.93. The molecule has 2 atom stereocenters. The Kier molecular flexibility index (Phi) is 4.17. The quantitative estimate of drug-likeness (QED) is 0.428. The summed E-state index contributed by atoms with van der Waals surface area (Å²) in [4.78, 5) is 2.87. The summed E-state index contributed by atoms with van der Waals surface area (Å²) in [6, 6.07) is -0.0301. The van der Waals surface area contributed by atoms with Gasteiger partial charge >= 0.3 is 0 Å². The third-order valence-corrected chi connectivity index (χ3v) is 3.66. The molecule has 0 spiro atoms. The van der Waals surface area contributed by atoms with E-state index in [1.807, 2.05) is 6.92 Å². The second kappa shape index (κ2) is 5.85. The Morgan fingerprint density at radius 1 is 1.42 bits per heavy atom. The molecule has 2 aliphatic rings. The van der Waals surface area contributed by atoms with Crippen LogP contribution in [0, 0.1) is 5.92 Å². The van der Waals surface area contributed by atoms with Gasteiger partial charge in [0.15, 0.2) is 5.76 Å². The van der Waals surface area contributed by atoms with Crippen LogP contribution < -0.4 is 0 Å². The number of nitrogens with zero attached hydrogens (tertiary/aromatic N) is 3. The molecule has 0 amide bonds. The first-order valence-corrected chi connectivity index (χ1v) is 6.48. The highest BCUT2D eigenvalue weighted by molar-refractivity contribution is 5.49. The molecule has 19 heavy (non-hydrogen) atoms. The summed E-state index contributed by atoms with van der Waals surface area (Å²) in [7, 11) is 3.36. The number of ether oxygens (including phenoxy) is 2. The standard InChI is InChI=1S/C14H19N3O2/c1-9(16-17-15)8-11-5-4-10-6-7-12(18-2)14(19-3)13(10)11/h4-5,9,11H,6-8H2,1-3H3. The molecule has 0 aromatic carbocycles. The van der Waals surface area contributed by atoms with Gasteiger partial charge in [-0.2, -0.15) is 0 Å². The van der Waals surface area contributed by atoms with Crippen LogP contribution in [0.4, 0.5) is 0 Å². The van der Waals surface area contributed by atoms with Gasteiger partial charge in [-0.1, -0.05) is 24.2 Å². The van der Waals surface area contributed by atoms with Gasteiger partial charge in [-0.05, 0) is 23.9 Å². The van der Waals surface area contributed by atoms with E-state index in [4.69, 9.17) is 15.0 Å². The Hall–Kier alpha value is -1.87. The lowest BCUT2D eigenvalue weighted by Gasteiger charge is -2.25. The lowest BCUT2D eigenvalue weighted by atomic mass is 9.88. The van der Waals surface area contributed by atoms with Crippen LogP contribution >= 0.6 is 0 Å². The van der Waals surface area contributed by atoms with Gasteiger partial charge in [0.2, 0.25) is 0 Å². The van der Waals surface area contributed by atoms with Crippen LogP contribution in [-0.4, -0.2) is 20.3 Å². The Morgan fingerprint density at radius 2 is 2.21 bits per heavy atom. The molecule has 0 radical (unpaired) electrons. The Balaban J connectivity index is 2.26. The third-order valence-electron chi connectivity index (χ3n) is 3.66. The minimum Gasteiger partial charge on any atom is -0.497 e. The predicted molar refractivity (Wildman–Crippen MR) is 73.2 cm³/mol. The van der Waals surface area contributed by atoms with Crippen LogP contribution in [0.5, 0.6) is 0 Å². The van der Waals surface area contributed by atoms with E-state index in [1.54, 1.807) is 14.2 Å². The van der Waals surface area contributed by atoms with Crippen molar-refractivity contribution >= 4 is 0 Å². The van der Waals surface area contributed by atoms with Gasteiger partial charge in [-0.25, -0.2) is 0 Å². The second-order valence-electron chi connectivity index (χ2n) is 4.85. The highest BCUT2D eigenvalue weighted by Gasteiger charge is 2.31. The molecule has 5 nitrogen and oxygen atoms in total. The van der Waals surface area contributed by atoms with Crippen LogP contribution in [0.1, 0.15) is 26.2 Å². The van der Waals surface area contributed by atoms with Gasteiger partial charge < -0.3 is 9.47 Å². The van der Waals surface area contributed by atoms with Crippen molar-refractivity contribution in [2.75, 3.05) is 14.2 Å². The molecule has 0 N–H and O–H groups in total. The van der Waals surface area contributed by atoms with E-state index in [2.05, 4.69) is 22.2 Å². The minimum absolute atomic E-state index is 0.0301. The highest BCUT2D eigenvalue weighted by atomic mass is 16.5. The van der Waals surface area contributed by atoms with Gasteiger partial charge in [0, 0.05) is 28.9 Å². The lowest BCUT2D eigenvalue weighted by molar-refractivity contribution is 0.210. The molecule has 0 saturated heterocycles. The van der Waals surface area contributed by atoms with Gasteiger partial charge in [-0.3, -0.25) is 0 Å². The summed E-state index contributed by atoms with van der Waals surface area (Å²) in [5.41, 5.74) is 11.0. The Bertz CT molecular complexity index is 499. The largest absolute Gasteiger partial charge is 0.497 e. The maximum absolute atomic E-state index is 8.50. The monoisotopic (exact) mass is 261 g/mol. The van der Waals surface area contributed by atoms with Crippen LogP contribution in [0.2, 0.25) is 0 Å². The SMILES string of the molecule is COC1=C(OC)C2=C(C=CC2CC(C)N=[N+]=[N-])CC1. The number of hydrogen-bond acceptors (Lipinski definition) is 3. The fourth-order valence-corrected chi connectivity index (χ4v) is 2.82. The normalized spacial score (nSPS) is 23.0. The molecular weight excluding hydrogens is 242 g/mol. The molecule has 0 aliphatic heterocycles. The molecule has 0 saturated carbocycles. The summed E-state index contributed by atoms with van der Waals surface area (Å²) in [5.74, 6) is 2.01. The number of hydrogen-bond donors (Lipinski definition) is 0. The van der Waals surface area contributed by atoms with Crippen LogP contribution in [0.3, 0.4) is 0 Å². The first kappa shape index (κ1) is 13.6. The van der Waals surface area contributed by atoms with Crippen molar-refractivity contribution in [1.82, 2.24) is 0 Å². The Labute approximate surface area is 113 Å². The zero-order valence-corrected chi connectivity index (χ0v) is 11.6. The van der Waals surface area contributed by atoms with Crippen molar-refractivity contribution in [2.45, 2.75) is 32.2 Å². The first-order valence-electron chi connectivity index (χ1n) is 6.48. The number of rotatable bonds is 5. The van der Waals surface area contributed by atoms with E-state index >= 15 is 0 Å². The van der Waals surface area contributed by atoms with Crippen LogP contribution in [-0.2, 0) is 9.47 Å². The fraction of sp³-hybridized carbons (Fsp3) is 0.571. The molecule has 0 aromatic heterocycles. The van der Waals surface area contributed by atoms with Crippen molar-refractivity contribution in [3.8, 4) is 0 Å². The van der Waals surface area contributed by atoms with Crippen molar-refractivity contribution < 1.29 is 9.47 Å². The van der Waals surface area contributed by atoms with E-state index in [0.717, 1.165) is 30.8 Å². The summed E-state index contributed by atoms with van der Waals surface area (Å²) in [5, 5.41) is 3.75. The topological polar surface area (TPSA) is 67.2 Å². The smallest absolute Gasteiger partial charge is 0.160 e. The average Bonchev–Trinajstić information content (AvgIpc) is 2.81. The number of methoxy groups -OCH3 is 2. The Morgan fingerprint density at radius 3 is 2.84 bits per heavy atom. The third kappa shape index (κ3) is 2.61. The van der Waals surface area contributed by atoms with Crippen molar-refractivity contribution in [3.63, 3.8) is 0 Å². The molecular formula is C14H19N3O2. The summed E-state index contributed by atoms with van der Waals surface area (Å²) < 4.78 is 10.9. The zero-order valence-electron chi connectivity index (χ0n) is 11.6. The molecule has 0 heterocycles. The molecule has 2 aliphatic carbocycles. The minimum atomic E-state index is -0.0301. The van der Waals surface area contributed by atoms with E-state index < -0.39 is 0 Å². The highest BCUT2D eigenvalue weighted by Crippen LogP contribution is 2.42. The van der Waals surface area contributed by atoms with E-state index in [9.17, 15) is 0 Å². The van der Waals surface area contributed by atoms with E-state index in [-0.39, 0.29) is 12.0 Å². The number of azide groups is 1. The summed E-state index contributed by atoms with van der Waals surface area (Å²) >= 11 is 0. The molecule has 5 heteroatoms. The van der Waals surface area contributed by atoms with Gasteiger partial charge in [0.1, 0.15) is 5.76 Å². The van der Waals surface area contributed by atoms with Gasteiger partial charge in [0.05, 0.1) is 14.2 Å². The fourth-order valence-electron chi connectivity index (χ4n) is 2.82. The molecule has 0 bridgehead atoms. The number of allylic oxidation sites excluding steroid dienone is 5. The maximum atomic E-state index is 8.50. The van der Waals surface area contributed by atoms with Crippen molar-refractivity contribution in [1.29, 1.82) is 0 Å². The molecule has 102 valence electrons. The summed E-state index contributed by atoms with van der Waals surface area (Å²) in [6.07, 6.45) is 6.99. The first-order chi connectivity index (χ1) is 9.21. The maximum Gasteiger partial charge on any atom is 0.160 e. The van der Waals surface area contributed by atoms with E-state index in [1.165, 1.54) is 11.1 Å². The van der Waals surface area contributed by atoms with Crippen molar-refractivity contribution in [3.05, 3.63) is 45.3 Å². The molecule has 2 unspecified atom stereocenters. The van der Waals surface area contributed by atoms with E-state index in [0.29, 0.717) is 0 Å². The average molecular weight is 261 g/mol. The van der Waals surface area contributed by atoms with Crippen LogP contribution in [0.25, 0.3) is 10.4 Å². The molecule has 2 rings (SSSR count). The van der Waals surface area contributed by atoms with Crippen molar-refractivity contribution in [2.24, 2.45) is 11.0 Å². The molecule has 0 aromatic rings. The molecule has 0 fully saturated rings.